The minimum atomic E-state index is -0.676. The monoisotopic (exact) mass is 208 g/mol. The molecule has 0 radical (unpaired) electrons. The molecule has 1 unspecified atom stereocenters. The van der Waals surface area contributed by atoms with Gasteiger partial charge in [-0.15, -0.1) is 0 Å². The highest BCUT2D eigenvalue weighted by atomic mass is 16.5. The van der Waals surface area contributed by atoms with Crippen LogP contribution in [0.4, 0.5) is 0 Å². The third kappa shape index (κ3) is 1.72. The molecule has 1 atom stereocenters. The quantitative estimate of drug-likeness (QED) is 0.678. The van der Waals surface area contributed by atoms with Crippen molar-refractivity contribution >= 4 is 5.91 Å². The maximum Gasteiger partial charge on any atom is 0.243 e. The van der Waals surface area contributed by atoms with Crippen molar-refractivity contribution in [2.24, 2.45) is 5.41 Å². The first-order valence-electron chi connectivity index (χ1n) is 5.53. The van der Waals surface area contributed by atoms with E-state index in [1.54, 1.807) is 0 Å². The molecule has 4 nitrogen and oxygen atoms in total. The van der Waals surface area contributed by atoms with Gasteiger partial charge in [0.2, 0.25) is 5.91 Å². The van der Waals surface area contributed by atoms with Crippen LogP contribution >= 0.6 is 0 Å². The number of hydrogen-bond acceptors (Lipinski definition) is 3. The Bertz CT molecular complexity index is 304. The van der Waals surface area contributed by atoms with Crippen LogP contribution in [-0.2, 0) is 9.53 Å². The van der Waals surface area contributed by atoms with Crippen molar-refractivity contribution in [2.75, 3.05) is 19.8 Å². The third-order valence-corrected chi connectivity index (χ3v) is 3.33. The van der Waals surface area contributed by atoms with Crippen LogP contribution in [-0.4, -0.2) is 36.6 Å². The highest BCUT2D eigenvalue weighted by Gasteiger charge is 2.53. The van der Waals surface area contributed by atoms with Crippen molar-refractivity contribution in [3.05, 3.63) is 0 Å². The molecule has 1 saturated heterocycles. The predicted octanol–water partition coefficient (Wildman–Crippen LogP) is 0.928. The molecule has 2 rings (SSSR count). The van der Waals surface area contributed by atoms with Crippen molar-refractivity contribution in [3.8, 4) is 6.07 Å². The summed E-state index contributed by atoms with van der Waals surface area (Å²) in [5.74, 6) is 0.0279. The Morgan fingerprint density at radius 3 is 2.93 bits per heavy atom. The summed E-state index contributed by atoms with van der Waals surface area (Å²) in [6.07, 6.45) is 2.36. The summed E-state index contributed by atoms with van der Waals surface area (Å²) in [6.45, 7) is 3.90. The Balaban J connectivity index is 2.08. The van der Waals surface area contributed by atoms with E-state index in [4.69, 9.17) is 10.00 Å². The minimum Gasteiger partial charge on any atom is -0.377 e. The van der Waals surface area contributed by atoms with Gasteiger partial charge in [0.05, 0.1) is 25.3 Å². The molecule has 1 aliphatic carbocycles. The molecule has 82 valence electrons. The van der Waals surface area contributed by atoms with Crippen LogP contribution in [0.3, 0.4) is 0 Å². The standard InChI is InChI=1S/C11H16N2O2/c1-2-9-7-15-6-5-13(9)10(14)11(8-12)3-4-11/h9H,2-7H2,1H3. The lowest BCUT2D eigenvalue weighted by atomic mass is 10.0. The highest BCUT2D eigenvalue weighted by Crippen LogP contribution is 2.47. The lowest BCUT2D eigenvalue weighted by molar-refractivity contribution is -0.143. The maximum absolute atomic E-state index is 12.1. The molecule has 0 aromatic carbocycles. The molecular formula is C11H16N2O2. The fraction of sp³-hybridized carbons (Fsp3) is 0.818. The Hall–Kier alpha value is -1.08. The Morgan fingerprint density at radius 2 is 2.40 bits per heavy atom. The minimum absolute atomic E-state index is 0.0279. The number of rotatable bonds is 2. The van der Waals surface area contributed by atoms with Crippen LogP contribution in [0.15, 0.2) is 0 Å². The second-order valence-corrected chi connectivity index (χ2v) is 4.33. The van der Waals surface area contributed by atoms with Crippen LogP contribution in [0.5, 0.6) is 0 Å². The van der Waals surface area contributed by atoms with Gasteiger partial charge in [0, 0.05) is 6.54 Å². The van der Waals surface area contributed by atoms with E-state index in [9.17, 15) is 4.79 Å². The fourth-order valence-electron chi connectivity index (χ4n) is 2.03. The number of ether oxygens (including phenoxy) is 1. The van der Waals surface area contributed by atoms with Gasteiger partial charge >= 0.3 is 0 Å². The van der Waals surface area contributed by atoms with Crippen molar-refractivity contribution < 1.29 is 9.53 Å². The predicted molar refractivity (Wildman–Crippen MR) is 53.9 cm³/mol. The van der Waals surface area contributed by atoms with Crippen molar-refractivity contribution in [1.29, 1.82) is 5.26 Å². The molecule has 2 fully saturated rings. The first-order valence-corrected chi connectivity index (χ1v) is 5.53. The van der Waals surface area contributed by atoms with Gasteiger partial charge in [-0.25, -0.2) is 0 Å². The molecule has 2 aliphatic rings. The van der Waals surface area contributed by atoms with Gasteiger partial charge in [0.25, 0.3) is 0 Å². The molecule has 1 aliphatic heterocycles. The summed E-state index contributed by atoms with van der Waals surface area (Å²) >= 11 is 0. The fourth-order valence-corrected chi connectivity index (χ4v) is 2.03. The smallest absolute Gasteiger partial charge is 0.243 e. The summed E-state index contributed by atoms with van der Waals surface area (Å²) in [6, 6.07) is 2.33. The first kappa shape index (κ1) is 10.4. The summed E-state index contributed by atoms with van der Waals surface area (Å²) in [7, 11) is 0. The molecule has 4 heteroatoms. The average molecular weight is 208 g/mol. The maximum atomic E-state index is 12.1. The number of carbonyl (C=O) groups excluding carboxylic acids is 1. The van der Waals surface area contributed by atoms with Crippen molar-refractivity contribution in [1.82, 2.24) is 4.90 Å². The number of morpholine rings is 1. The van der Waals surface area contributed by atoms with Gasteiger partial charge in [-0.3, -0.25) is 4.79 Å². The van der Waals surface area contributed by atoms with Gasteiger partial charge in [0.1, 0.15) is 5.41 Å². The number of carbonyl (C=O) groups is 1. The van der Waals surface area contributed by atoms with Gasteiger partial charge in [0.15, 0.2) is 0 Å². The lowest BCUT2D eigenvalue weighted by Gasteiger charge is -2.36. The van der Waals surface area contributed by atoms with E-state index in [-0.39, 0.29) is 11.9 Å². The van der Waals surface area contributed by atoms with Crippen molar-refractivity contribution in [2.45, 2.75) is 32.2 Å². The van der Waals surface area contributed by atoms with E-state index in [1.807, 2.05) is 11.8 Å². The van der Waals surface area contributed by atoms with Crippen LogP contribution in [0.1, 0.15) is 26.2 Å². The van der Waals surface area contributed by atoms with E-state index in [2.05, 4.69) is 6.07 Å². The van der Waals surface area contributed by atoms with Crippen LogP contribution < -0.4 is 0 Å². The lowest BCUT2D eigenvalue weighted by Crippen LogP contribution is -2.50. The second-order valence-electron chi connectivity index (χ2n) is 4.33. The van der Waals surface area contributed by atoms with E-state index in [0.29, 0.717) is 19.8 Å². The van der Waals surface area contributed by atoms with E-state index in [0.717, 1.165) is 19.3 Å². The molecule has 1 saturated carbocycles. The molecular weight excluding hydrogens is 192 g/mol. The third-order valence-electron chi connectivity index (χ3n) is 3.33. The molecule has 0 aromatic rings. The zero-order valence-corrected chi connectivity index (χ0v) is 9.03. The average Bonchev–Trinajstić information content (AvgIpc) is 3.09. The highest BCUT2D eigenvalue weighted by molar-refractivity contribution is 5.88. The zero-order valence-electron chi connectivity index (χ0n) is 9.03. The van der Waals surface area contributed by atoms with Crippen LogP contribution in [0, 0.1) is 16.7 Å². The second kappa shape index (κ2) is 3.82. The number of amides is 1. The van der Waals surface area contributed by atoms with Gasteiger partial charge in [-0.05, 0) is 19.3 Å². The molecule has 1 heterocycles. The SMILES string of the molecule is CCC1COCCN1C(=O)C1(C#N)CC1. The van der Waals surface area contributed by atoms with Gasteiger partial charge in [-0.1, -0.05) is 6.92 Å². The van der Waals surface area contributed by atoms with E-state index >= 15 is 0 Å². The molecule has 1 amide bonds. The number of nitriles is 1. The largest absolute Gasteiger partial charge is 0.377 e. The Morgan fingerprint density at radius 1 is 1.67 bits per heavy atom. The zero-order chi connectivity index (χ0) is 10.9. The Labute approximate surface area is 89.8 Å². The van der Waals surface area contributed by atoms with Gasteiger partial charge < -0.3 is 9.64 Å². The van der Waals surface area contributed by atoms with Crippen molar-refractivity contribution in [3.63, 3.8) is 0 Å². The normalized spacial score (nSPS) is 28.3. The van der Waals surface area contributed by atoms with Gasteiger partial charge in [-0.2, -0.15) is 5.26 Å². The summed E-state index contributed by atoms with van der Waals surface area (Å²) in [5.41, 5.74) is -0.676. The first-order chi connectivity index (χ1) is 7.23. The van der Waals surface area contributed by atoms with E-state index in [1.165, 1.54) is 0 Å². The molecule has 0 N–H and O–H groups in total. The topological polar surface area (TPSA) is 53.3 Å². The summed E-state index contributed by atoms with van der Waals surface area (Å²) < 4.78 is 5.34. The van der Waals surface area contributed by atoms with Crippen LogP contribution in [0.2, 0.25) is 0 Å². The molecule has 0 spiro atoms. The number of nitrogens with zero attached hydrogens (tertiary/aromatic N) is 2. The molecule has 15 heavy (non-hydrogen) atoms. The Kier molecular flexibility index (Phi) is 2.66. The molecule has 0 aromatic heterocycles. The number of hydrogen-bond donors (Lipinski definition) is 0. The summed E-state index contributed by atoms with van der Waals surface area (Å²) in [5, 5.41) is 8.99. The van der Waals surface area contributed by atoms with Crippen LogP contribution in [0.25, 0.3) is 0 Å². The molecule has 0 bridgehead atoms. The summed E-state index contributed by atoms with van der Waals surface area (Å²) in [4.78, 5) is 14.0. The van der Waals surface area contributed by atoms with E-state index < -0.39 is 5.41 Å².